The Hall–Kier alpha value is -1.89. The van der Waals surface area contributed by atoms with Crippen molar-refractivity contribution in [1.82, 2.24) is 0 Å². The van der Waals surface area contributed by atoms with Gasteiger partial charge in [-0.3, -0.25) is 4.79 Å². The third-order valence-electron chi connectivity index (χ3n) is 3.11. The predicted octanol–water partition coefficient (Wildman–Crippen LogP) is 3.76. The maximum absolute atomic E-state index is 12.3. The number of ether oxygens (including phenoxy) is 1. The second-order valence-corrected chi connectivity index (χ2v) is 6.52. The van der Waals surface area contributed by atoms with E-state index in [0.717, 1.165) is 3.57 Å². The minimum Gasteiger partial charge on any atom is -0.478 e. The lowest BCUT2D eigenvalue weighted by Gasteiger charge is -2.21. The molecule has 22 heavy (non-hydrogen) atoms. The van der Waals surface area contributed by atoms with Gasteiger partial charge in [0.05, 0.1) is 0 Å². The van der Waals surface area contributed by atoms with Gasteiger partial charge in [0.2, 0.25) is 0 Å². The van der Waals surface area contributed by atoms with Crippen LogP contribution in [-0.4, -0.2) is 22.5 Å². The summed E-state index contributed by atoms with van der Waals surface area (Å²) in [5.41, 5.74) is -0.177. The van der Waals surface area contributed by atoms with E-state index in [0.29, 0.717) is 16.9 Å². The molecule has 0 aliphatic carbocycles. The molecule has 0 amide bonds. The summed E-state index contributed by atoms with van der Waals surface area (Å²) in [7, 11) is 0. The monoisotopic (exact) mass is 410 g/mol. The molecule has 5 heteroatoms. The fourth-order valence-corrected chi connectivity index (χ4v) is 2.14. The summed E-state index contributed by atoms with van der Waals surface area (Å²) in [5.74, 6) is -0.724. The zero-order valence-corrected chi connectivity index (χ0v) is 14.3. The van der Waals surface area contributed by atoms with Crippen LogP contribution in [0, 0.1) is 3.57 Å². The number of carboxylic acids is 1. The zero-order chi connectivity index (χ0) is 16.3. The summed E-state index contributed by atoms with van der Waals surface area (Å²) in [6, 6.07) is 13.8. The van der Waals surface area contributed by atoms with Crippen molar-refractivity contribution in [2.24, 2.45) is 0 Å². The van der Waals surface area contributed by atoms with Crippen LogP contribution in [-0.2, 0) is 4.79 Å². The molecule has 0 fully saturated rings. The van der Waals surface area contributed by atoms with Crippen molar-refractivity contribution in [2.45, 2.75) is 19.4 Å². The van der Waals surface area contributed by atoms with E-state index in [9.17, 15) is 9.59 Å². The first-order valence-corrected chi connectivity index (χ1v) is 7.70. The molecule has 4 nitrogen and oxygen atoms in total. The quantitative estimate of drug-likeness (QED) is 0.602. The maximum Gasteiger partial charge on any atom is 0.347 e. The van der Waals surface area contributed by atoms with E-state index in [4.69, 9.17) is 9.84 Å². The van der Waals surface area contributed by atoms with E-state index in [1.54, 1.807) is 36.4 Å². The highest BCUT2D eigenvalue weighted by Crippen LogP contribution is 2.20. The number of rotatable bonds is 5. The van der Waals surface area contributed by atoms with Crippen LogP contribution in [0.15, 0.2) is 48.5 Å². The van der Waals surface area contributed by atoms with E-state index in [2.05, 4.69) is 22.6 Å². The molecule has 2 rings (SSSR count). The Kier molecular flexibility index (Phi) is 4.85. The number of aliphatic carboxylic acids is 1. The van der Waals surface area contributed by atoms with Gasteiger partial charge in [0.1, 0.15) is 5.75 Å². The number of carboxylic acid groups (broad SMARTS) is 1. The summed E-state index contributed by atoms with van der Waals surface area (Å²) in [6.45, 7) is 2.94. The van der Waals surface area contributed by atoms with Crippen molar-refractivity contribution in [2.75, 3.05) is 0 Å². The summed E-state index contributed by atoms with van der Waals surface area (Å²) in [6.07, 6.45) is 0. The molecule has 2 aromatic carbocycles. The van der Waals surface area contributed by atoms with Crippen molar-refractivity contribution in [3.05, 3.63) is 63.2 Å². The van der Waals surface area contributed by atoms with Crippen LogP contribution in [0.1, 0.15) is 29.8 Å². The first kappa shape index (κ1) is 16.5. The van der Waals surface area contributed by atoms with Crippen LogP contribution in [0.4, 0.5) is 0 Å². The number of carbonyl (C=O) groups is 2. The van der Waals surface area contributed by atoms with Gasteiger partial charge in [0, 0.05) is 14.7 Å². The fraction of sp³-hybridized carbons (Fsp3) is 0.176. The van der Waals surface area contributed by atoms with Gasteiger partial charge in [-0.2, -0.15) is 0 Å². The Morgan fingerprint density at radius 1 is 0.955 bits per heavy atom. The van der Waals surface area contributed by atoms with Gasteiger partial charge in [-0.05, 0) is 85.0 Å². The number of ketones is 1. The number of carbonyl (C=O) groups excluding carboxylic acids is 1. The molecule has 0 heterocycles. The highest BCUT2D eigenvalue weighted by molar-refractivity contribution is 14.1. The van der Waals surface area contributed by atoms with Gasteiger partial charge in [-0.25, -0.2) is 4.79 Å². The summed E-state index contributed by atoms with van der Waals surface area (Å²) in [5, 5.41) is 9.04. The summed E-state index contributed by atoms with van der Waals surface area (Å²) in [4.78, 5) is 23.4. The van der Waals surface area contributed by atoms with Crippen LogP contribution in [0.5, 0.6) is 5.75 Å². The average molecular weight is 410 g/mol. The number of benzene rings is 2. The minimum atomic E-state index is -1.32. The third-order valence-corrected chi connectivity index (χ3v) is 3.83. The molecule has 0 aliphatic heterocycles. The van der Waals surface area contributed by atoms with Crippen LogP contribution in [0.2, 0.25) is 0 Å². The molecule has 0 spiro atoms. The van der Waals surface area contributed by atoms with E-state index >= 15 is 0 Å². The van der Waals surface area contributed by atoms with Crippen molar-refractivity contribution >= 4 is 34.3 Å². The van der Waals surface area contributed by atoms with Crippen LogP contribution in [0.3, 0.4) is 0 Å². The molecule has 0 atom stereocenters. The molecule has 0 saturated carbocycles. The highest BCUT2D eigenvalue weighted by Gasteiger charge is 2.29. The molecule has 0 radical (unpaired) electrons. The molecule has 0 aliphatic rings. The first-order valence-electron chi connectivity index (χ1n) is 6.62. The lowest BCUT2D eigenvalue weighted by atomic mass is 10.0. The Balaban J connectivity index is 2.16. The van der Waals surface area contributed by atoms with Crippen molar-refractivity contribution in [3.8, 4) is 5.75 Å². The second-order valence-electron chi connectivity index (χ2n) is 5.28. The molecular weight excluding hydrogens is 395 g/mol. The lowest BCUT2D eigenvalue weighted by Crippen LogP contribution is -2.37. The van der Waals surface area contributed by atoms with Gasteiger partial charge in [-0.1, -0.05) is 0 Å². The Morgan fingerprint density at radius 3 is 1.86 bits per heavy atom. The van der Waals surface area contributed by atoms with Gasteiger partial charge in [0.25, 0.3) is 0 Å². The lowest BCUT2D eigenvalue weighted by molar-refractivity contribution is -0.152. The van der Waals surface area contributed by atoms with Gasteiger partial charge in [0.15, 0.2) is 11.4 Å². The molecular formula is C17H15IO4. The smallest absolute Gasteiger partial charge is 0.347 e. The molecule has 0 saturated heterocycles. The standard InChI is InChI=1S/C17H15IO4/c1-17(2,16(20)21)22-14-9-5-12(6-10-14)15(19)11-3-7-13(18)8-4-11/h3-10H,1-2H3,(H,20,21). The van der Waals surface area contributed by atoms with Gasteiger partial charge < -0.3 is 9.84 Å². The summed E-state index contributed by atoms with van der Waals surface area (Å²) < 4.78 is 6.47. The minimum absolute atomic E-state index is 0.0829. The van der Waals surface area contributed by atoms with E-state index < -0.39 is 11.6 Å². The average Bonchev–Trinajstić information content (AvgIpc) is 2.47. The predicted molar refractivity (Wildman–Crippen MR) is 91.4 cm³/mol. The van der Waals surface area contributed by atoms with E-state index in [-0.39, 0.29) is 5.78 Å². The van der Waals surface area contributed by atoms with Crippen molar-refractivity contribution in [3.63, 3.8) is 0 Å². The number of hydrogen-bond acceptors (Lipinski definition) is 3. The van der Waals surface area contributed by atoms with E-state index in [1.807, 2.05) is 12.1 Å². The van der Waals surface area contributed by atoms with Crippen LogP contribution >= 0.6 is 22.6 Å². The molecule has 0 bridgehead atoms. The molecule has 1 N–H and O–H groups in total. The SMILES string of the molecule is CC(C)(Oc1ccc(C(=O)c2ccc(I)cc2)cc1)C(=O)O. The number of halogens is 1. The third kappa shape index (κ3) is 3.85. The number of hydrogen-bond donors (Lipinski definition) is 1. The second kappa shape index (κ2) is 6.48. The zero-order valence-electron chi connectivity index (χ0n) is 12.2. The maximum atomic E-state index is 12.3. The Bertz CT molecular complexity index is 688. The molecule has 114 valence electrons. The van der Waals surface area contributed by atoms with E-state index in [1.165, 1.54) is 13.8 Å². The van der Waals surface area contributed by atoms with Gasteiger partial charge in [-0.15, -0.1) is 0 Å². The largest absolute Gasteiger partial charge is 0.478 e. The van der Waals surface area contributed by atoms with Crippen LogP contribution in [0.25, 0.3) is 0 Å². The molecule has 0 aromatic heterocycles. The van der Waals surface area contributed by atoms with Crippen LogP contribution < -0.4 is 4.74 Å². The van der Waals surface area contributed by atoms with Crippen molar-refractivity contribution in [1.29, 1.82) is 0 Å². The normalized spacial score (nSPS) is 11.0. The van der Waals surface area contributed by atoms with Crippen molar-refractivity contribution < 1.29 is 19.4 Å². The molecule has 0 unspecified atom stereocenters. The fourth-order valence-electron chi connectivity index (χ4n) is 1.78. The molecule has 2 aromatic rings. The highest BCUT2D eigenvalue weighted by atomic mass is 127. The Labute approximate surface area is 142 Å². The first-order chi connectivity index (χ1) is 10.3. The summed E-state index contributed by atoms with van der Waals surface area (Å²) >= 11 is 2.18. The Morgan fingerprint density at radius 2 is 1.41 bits per heavy atom. The van der Waals surface area contributed by atoms with Gasteiger partial charge >= 0.3 is 5.97 Å². The topological polar surface area (TPSA) is 63.6 Å².